The van der Waals surface area contributed by atoms with Crippen LogP contribution in [0.2, 0.25) is 0 Å². The van der Waals surface area contributed by atoms with Crippen LogP contribution in [-0.2, 0) is 14.3 Å². The Kier molecular flexibility index (Phi) is 2.97. The lowest BCUT2D eigenvalue weighted by molar-refractivity contribution is -0.176. The van der Waals surface area contributed by atoms with Crippen molar-refractivity contribution in [3.8, 4) is 5.75 Å². The molecule has 1 aliphatic heterocycles. The zero-order valence-electron chi connectivity index (χ0n) is 13.8. The van der Waals surface area contributed by atoms with Gasteiger partial charge in [-0.15, -0.1) is 0 Å². The molecular weight excluding hydrogens is 280 g/mol. The summed E-state index contributed by atoms with van der Waals surface area (Å²) in [6.07, 6.45) is 1.17. The van der Waals surface area contributed by atoms with Gasteiger partial charge < -0.3 is 9.47 Å². The van der Waals surface area contributed by atoms with Crippen LogP contribution >= 0.6 is 0 Å². The number of rotatable bonds is 2. The lowest BCUT2D eigenvalue weighted by atomic mass is 9.66. The van der Waals surface area contributed by atoms with E-state index in [0.29, 0.717) is 18.6 Å². The number of carbonyl (C=O) groups is 2. The second kappa shape index (κ2) is 4.34. The summed E-state index contributed by atoms with van der Waals surface area (Å²) in [5.41, 5.74) is -0.578. The summed E-state index contributed by atoms with van der Waals surface area (Å²) < 4.78 is 11.3. The number of benzene rings is 1. The highest BCUT2D eigenvalue weighted by Gasteiger charge is 2.76. The zero-order valence-corrected chi connectivity index (χ0v) is 13.8. The molecule has 0 radical (unpaired) electrons. The van der Waals surface area contributed by atoms with Crippen LogP contribution in [0.4, 0.5) is 0 Å². The average molecular weight is 302 g/mol. The lowest BCUT2D eigenvalue weighted by Gasteiger charge is -2.34. The Balaban J connectivity index is 1.98. The van der Waals surface area contributed by atoms with E-state index in [1.54, 1.807) is 0 Å². The molecule has 0 spiro atoms. The van der Waals surface area contributed by atoms with E-state index in [4.69, 9.17) is 9.47 Å². The first kappa shape index (κ1) is 15.1. The molecule has 1 aromatic carbocycles. The summed E-state index contributed by atoms with van der Waals surface area (Å²) in [7, 11) is 0. The van der Waals surface area contributed by atoms with E-state index in [1.807, 2.05) is 52.8 Å². The Labute approximate surface area is 130 Å². The Morgan fingerprint density at radius 1 is 1.14 bits per heavy atom. The summed E-state index contributed by atoms with van der Waals surface area (Å²) in [4.78, 5) is 25.1. The Morgan fingerprint density at radius 2 is 1.73 bits per heavy atom. The fourth-order valence-electron chi connectivity index (χ4n) is 3.84. The smallest absolute Gasteiger partial charge is 0.356 e. The molecule has 0 amide bonds. The molecule has 2 unspecified atom stereocenters. The normalized spacial score (nSPS) is 32.0. The van der Waals surface area contributed by atoms with Gasteiger partial charge in [-0.25, -0.2) is 4.79 Å². The maximum absolute atomic E-state index is 12.9. The van der Waals surface area contributed by atoms with Gasteiger partial charge in [-0.2, -0.15) is 0 Å². The van der Waals surface area contributed by atoms with Gasteiger partial charge in [-0.05, 0) is 44.7 Å². The number of fused-ring (bicyclic) bond motifs is 2. The minimum Gasteiger partial charge on any atom is -0.446 e. The highest BCUT2D eigenvalue weighted by Crippen LogP contribution is 2.65. The SMILES string of the molecule is Cc1cccc(C)c1OC(=O)C12CCC(C)(C(=O)O1)C2(C)C. The highest BCUT2D eigenvalue weighted by atomic mass is 16.6. The van der Waals surface area contributed by atoms with Crippen LogP contribution in [0.15, 0.2) is 18.2 Å². The number of para-hydroxylation sites is 1. The van der Waals surface area contributed by atoms with Crippen molar-refractivity contribution in [1.82, 2.24) is 0 Å². The molecule has 1 saturated carbocycles. The standard InChI is InChI=1S/C18H22O4/c1-11-7-6-8-12(2)13(11)21-15(20)18-10-9-17(5,14(19)22-18)16(18,3)4/h6-8H,9-10H2,1-5H3. The monoisotopic (exact) mass is 302 g/mol. The third-order valence-corrected chi connectivity index (χ3v) is 6.02. The first-order chi connectivity index (χ1) is 10.2. The maximum Gasteiger partial charge on any atom is 0.356 e. The zero-order chi connectivity index (χ0) is 16.3. The second-order valence-electron chi connectivity index (χ2n) is 7.28. The van der Waals surface area contributed by atoms with Gasteiger partial charge in [0.1, 0.15) is 5.75 Å². The molecule has 118 valence electrons. The van der Waals surface area contributed by atoms with Gasteiger partial charge in [0.05, 0.1) is 5.41 Å². The van der Waals surface area contributed by atoms with Gasteiger partial charge >= 0.3 is 11.9 Å². The number of hydrogen-bond acceptors (Lipinski definition) is 4. The Bertz CT molecular complexity index is 655. The molecular formula is C18H22O4. The van der Waals surface area contributed by atoms with Crippen LogP contribution in [0.1, 0.15) is 44.7 Å². The van der Waals surface area contributed by atoms with Crippen LogP contribution in [-0.4, -0.2) is 17.5 Å². The molecule has 22 heavy (non-hydrogen) atoms. The predicted molar refractivity (Wildman–Crippen MR) is 81.5 cm³/mol. The fourth-order valence-corrected chi connectivity index (χ4v) is 3.84. The molecule has 2 aliphatic rings. The molecule has 4 nitrogen and oxygen atoms in total. The van der Waals surface area contributed by atoms with Crippen molar-refractivity contribution in [1.29, 1.82) is 0 Å². The van der Waals surface area contributed by atoms with Crippen molar-refractivity contribution in [3.63, 3.8) is 0 Å². The molecule has 1 aromatic rings. The maximum atomic E-state index is 12.9. The van der Waals surface area contributed by atoms with E-state index in [2.05, 4.69) is 0 Å². The second-order valence-corrected chi connectivity index (χ2v) is 7.28. The molecule has 4 heteroatoms. The predicted octanol–water partition coefficient (Wildman–Crippen LogP) is 3.33. The molecule has 1 aliphatic carbocycles. The third-order valence-electron chi connectivity index (χ3n) is 6.02. The first-order valence-electron chi connectivity index (χ1n) is 7.68. The number of ether oxygens (including phenoxy) is 2. The Morgan fingerprint density at radius 3 is 2.18 bits per heavy atom. The fraction of sp³-hybridized carbons (Fsp3) is 0.556. The van der Waals surface area contributed by atoms with Crippen LogP contribution in [0.25, 0.3) is 0 Å². The van der Waals surface area contributed by atoms with E-state index >= 15 is 0 Å². The van der Waals surface area contributed by atoms with Crippen LogP contribution in [0, 0.1) is 24.7 Å². The number of esters is 2. The van der Waals surface area contributed by atoms with Crippen molar-refractivity contribution in [3.05, 3.63) is 29.3 Å². The van der Waals surface area contributed by atoms with Crippen molar-refractivity contribution in [2.75, 3.05) is 0 Å². The Hall–Kier alpha value is -1.84. The summed E-state index contributed by atoms with van der Waals surface area (Å²) in [6.45, 7) is 9.54. The van der Waals surface area contributed by atoms with Crippen LogP contribution in [0.5, 0.6) is 5.75 Å². The summed E-state index contributed by atoms with van der Waals surface area (Å²) in [5.74, 6) is -0.180. The number of hydrogen-bond donors (Lipinski definition) is 0. The summed E-state index contributed by atoms with van der Waals surface area (Å²) in [6, 6.07) is 5.72. The third kappa shape index (κ3) is 1.58. The molecule has 2 fully saturated rings. The number of aryl methyl sites for hydroxylation is 2. The van der Waals surface area contributed by atoms with Crippen molar-refractivity contribution < 1.29 is 19.1 Å². The van der Waals surface area contributed by atoms with Gasteiger partial charge in [0.25, 0.3) is 0 Å². The van der Waals surface area contributed by atoms with Crippen LogP contribution < -0.4 is 4.74 Å². The van der Waals surface area contributed by atoms with Crippen molar-refractivity contribution >= 4 is 11.9 Å². The topological polar surface area (TPSA) is 52.6 Å². The quantitative estimate of drug-likeness (QED) is 0.621. The largest absolute Gasteiger partial charge is 0.446 e. The molecule has 1 heterocycles. The van der Waals surface area contributed by atoms with Crippen molar-refractivity contribution in [2.24, 2.45) is 10.8 Å². The van der Waals surface area contributed by atoms with Gasteiger partial charge in [-0.3, -0.25) is 4.79 Å². The van der Waals surface area contributed by atoms with Gasteiger partial charge in [0, 0.05) is 5.41 Å². The van der Waals surface area contributed by atoms with E-state index in [-0.39, 0.29) is 5.97 Å². The van der Waals surface area contributed by atoms with Crippen LogP contribution in [0.3, 0.4) is 0 Å². The van der Waals surface area contributed by atoms with Gasteiger partial charge in [-0.1, -0.05) is 32.0 Å². The minimum absolute atomic E-state index is 0.290. The first-order valence-corrected chi connectivity index (χ1v) is 7.68. The van der Waals surface area contributed by atoms with E-state index in [1.165, 1.54) is 0 Å². The molecule has 1 saturated heterocycles. The van der Waals surface area contributed by atoms with Gasteiger partial charge in [0.2, 0.25) is 5.60 Å². The summed E-state index contributed by atoms with van der Waals surface area (Å²) in [5, 5.41) is 0. The molecule has 3 rings (SSSR count). The molecule has 2 atom stereocenters. The van der Waals surface area contributed by atoms with E-state index < -0.39 is 22.4 Å². The summed E-state index contributed by atoms with van der Waals surface area (Å²) >= 11 is 0. The van der Waals surface area contributed by atoms with Crippen molar-refractivity contribution in [2.45, 2.75) is 53.1 Å². The molecule has 0 aromatic heterocycles. The average Bonchev–Trinajstić information content (AvgIpc) is 2.73. The van der Waals surface area contributed by atoms with E-state index in [0.717, 1.165) is 11.1 Å². The molecule has 0 N–H and O–H groups in total. The lowest BCUT2D eigenvalue weighted by Crippen LogP contribution is -2.50. The van der Waals surface area contributed by atoms with Gasteiger partial charge in [0.15, 0.2) is 0 Å². The number of carbonyl (C=O) groups excluding carboxylic acids is 2. The van der Waals surface area contributed by atoms with E-state index in [9.17, 15) is 9.59 Å². The molecule has 2 bridgehead atoms. The minimum atomic E-state index is -1.17. The highest BCUT2D eigenvalue weighted by molar-refractivity contribution is 5.94.